The Bertz CT molecular complexity index is 611. The first kappa shape index (κ1) is 14.2. The Morgan fingerprint density at radius 2 is 2.29 bits per heavy atom. The second-order valence-electron chi connectivity index (χ2n) is 5.61. The number of ether oxygens (including phenoxy) is 1. The molecule has 5 heteroatoms. The van der Waals surface area contributed by atoms with E-state index in [4.69, 9.17) is 4.74 Å². The fourth-order valence-electron chi connectivity index (χ4n) is 2.78. The number of morpholine rings is 1. The molecule has 112 valence electrons. The van der Waals surface area contributed by atoms with Gasteiger partial charge in [0.25, 0.3) is 0 Å². The van der Waals surface area contributed by atoms with Gasteiger partial charge < -0.3 is 9.72 Å². The van der Waals surface area contributed by atoms with Gasteiger partial charge in [-0.2, -0.15) is 0 Å². The molecule has 3 rings (SSSR count). The van der Waals surface area contributed by atoms with E-state index >= 15 is 0 Å². The van der Waals surface area contributed by atoms with Crippen molar-refractivity contribution in [2.75, 3.05) is 19.8 Å². The molecule has 0 amide bonds. The van der Waals surface area contributed by atoms with Gasteiger partial charge in [0, 0.05) is 18.2 Å². The molecule has 1 unspecified atom stereocenters. The van der Waals surface area contributed by atoms with Gasteiger partial charge in [-0.3, -0.25) is 4.90 Å². The average molecular weight is 289 g/mol. The molecule has 1 aliphatic heterocycles. The normalized spacial score (nSPS) is 20.1. The second-order valence-corrected chi connectivity index (χ2v) is 5.61. The Morgan fingerprint density at radius 3 is 3.05 bits per heavy atom. The fraction of sp³-hybridized carbons (Fsp3) is 0.438. The molecule has 0 aliphatic carbocycles. The number of hydrogen-bond acceptors (Lipinski definition) is 3. The predicted octanol–water partition coefficient (Wildman–Crippen LogP) is 3.00. The number of halogens is 1. The minimum Gasteiger partial charge on any atom is -0.378 e. The maximum absolute atomic E-state index is 13.3. The quantitative estimate of drug-likeness (QED) is 0.944. The van der Waals surface area contributed by atoms with Crippen molar-refractivity contribution < 1.29 is 9.13 Å². The number of nitrogens with zero attached hydrogens (tertiary/aromatic N) is 2. The topological polar surface area (TPSA) is 41.1 Å². The molecular formula is C16H20FN3O. The van der Waals surface area contributed by atoms with E-state index in [1.54, 1.807) is 12.3 Å². The molecule has 4 nitrogen and oxygen atoms in total. The molecule has 21 heavy (non-hydrogen) atoms. The highest BCUT2D eigenvalue weighted by atomic mass is 19.1. The molecule has 1 atom stereocenters. The summed E-state index contributed by atoms with van der Waals surface area (Å²) in [7, 11) is 0. The molecule has 0 saturated carbocycles. The largest absolute Gasteiger partial charge is 0.378 e. The lowest BCUT2D eigenvalue weighted by molar-refractivity contribution is -0.0262. The van der Waals surface area contributed by atoms with Crippen LogP contribution in [0.15, 0.2) is 30.5 Å². The van der Waals surface area contributed by atoms with Crippen LogP contribution in [0.4, 0.5) is 4.39 Å². The van der Waals surface area contributed by atoms with Crippen LogP contribution in [0.25, 0.3) is 11.3 Å². The third-order valence-electron chi connectivity index (χ3n) is 3.88. The highest BCUT2D eigenvalue weighted by molar-refractivity contribution is 5.58. The minimum atomic E-state index is -0.242. The lowest BCUT2D eigenvalue weighted by Gasteiger charge is -2.37. The van der Waals surface area contributed by atoms with Gasteiger partial charge >= 0.3 is 0 Å². The third kappa shape index (κ3) is 2.99. The summed E-state index contributed by atoms with van der Waals surface area (Å²) in [6, 6.07) is 7.08. The van der Waals surface area contributed by atoms with E-state index in [0.29, 0.717) is 12.6 Å². The van der Waals surface area contributed by atoms with Crippen molar-refractivity contribution in [2.45, 2.75) is 25.9 Å². The van der Waals surface area contributed by atoms with Crippen molar-refractivity contribution in [1.82, 2.24) is 14.9 Å². The van der Waals surface area contributed by atoms with Crippen molar-refractivity contribution in [3.63, 3.8) is 0 Å². The van der Waals surface area contributed by atoms with Crippen LogP contribution in [0.3, 0.4) is 0 Å². The second kappa shape index (κ2) is 5.95. The van der Waals surface area contributed by atoms with Crippen LogP contribution in [-0.4, -0.2) is 40.7 Å². The highest BCUT2D eigenvalue weighted by Crippen LogP contribution is 2.26. The molecular weight excluding hydrogens is 269 g/mol. The SMILES string of the molecule is CC(C)N1CCOCC1c1ncc(-c2cccc(F)c2)[nH]1. The summed E-state index contributed by atoms with van der Waals surface area (Å²) in [5.41, 5.74) is 1.64. The van der Waals surface area contributed by atoms with Crippen molar-refractivity contribution >= 4 is 0 Å². The molecule has 1 fully saturated rings. The number of aromatic amines is 1. The summed E-state index contributed by atoms with van der Waals surface area (Å²) in [6.07, 6.45) is 1.76. The van der Waals surface area contributed by atoms with E-state index in [0.717, 1.165) is 30.2 Å². The summed E-state index contributed by atoms with van der Waals surface area (Å²) in [5.74, 6) is 0.635. The maximum Gasteiger partial charge on any atom is 0.126 e. The number of H-pyrrole nitrogens is 1. The Kier molecular flexibility index (Phi) is 4.03. The van der Waals surface area contributed by atoms with Gasteiger partial charge in [-0.25, -0.2) is 9.37 Å². The zero-order valence-corrected chi connectivity index (χ0v) is 12.3. The van der Waals surface area contributed by atoms with Crippen LogP contribution in [0.2, 0.25) is 0 Å². The predicted molar refractivity (Wildman–Crippen MR) is 79.4 cm³/mol. The highest BCUT2D eigenvalue weighted by Gasteiger charge is 2.28. The van der Waals surface area contributed by atoms with Crippen LogP contribution in [0.5, 0.6) is 0 Å². The average Bonchev–Trinajstić information content (AvgIpc) is 2.97. The zero-order valence-electron chi connectivity index (χ0n) is 12.3. The van der Waals surface area contributed by atoms with Crippen molar-refractivity contribution in [1.29, 1.82) is 0 Å². The third-order valence-corrected chi connectivity index (χ3v) is 3.88. The first-order chi connectivity index (χ1) is 10.1. The molecule has 2 aromatic rings. The molecule has 0 bridgehead atoms. The fourth-order valence-corrected chi connectivity index (χ4v) is 2.78. The van der Waals surface area contributed by atoms with Crippen LogP contribution in [0, 0.1) is 5.82 Å². The van der Waals surface area contributed by atoms with Crippen molar-refractivity contribution in [2.24, 2.45) is 0 Å². The summed E-state index contributed by atoms with van der Waals surface area (Å²) in [6.45, 7) is 6.64. The Hall–Kier alpha value is -1.72. The van der Waals surface area contributed by atoms with Gasteiger partial charge in [-0.05, 0) is 26.0 Å². The molecule has 0 spiro atoms. The molecule has 1 saturated heterocycles. The standard InChI is InChI=1S/C16H20FN3O/c1-11(2)20-6-7-21-10-15(20)16-18-9-14(19-16)12-4-3-5-13(17)8-12/h3-5,8-9,11,15H,6-7,10H2,1-2H3,(H,18,19). The number of benzene rings is 1. The minimum absolute atomic E-state index is 0.126. The van der Waals surface area contributed by atoms with Gasteiger partial charge in [-0.1, -0.05) is 12.1 Å². The maximum atomic E-state index is 13.3. The molecule has 1 aromatic carbocycles. The van der Waals surface area contributed by atoms with Gasteiger partial charge in [0.05, 0.1) is 31.1 Å². The zero-order chi connectivity index (χ0) is 14.8. The molecule has 0 radical (unpaired) electrons. The molecule has 1 N–H and O–H groups in total. The van der Waals surface area contributed by atoms with E-state index in [-0.39, 0.29) is 11.9 Å². The molecule has 1 aromatic heterocycles. The Balaban J connectivity index is 1.87. The van der Waals surface area contributed by atoms with E-state index in [2.05, 4.69) is 28.7 Å². The number of imidazole rings is 1. The van der Waals surface area contributed by atoms with Crippen LogP contribution in [-0.2, 0) is 4.74 Å². The first-order valence-electron chi connectivity index (χ1n) is 7.29. The van der Waals surface area contributed by atoms with Gasteiger partial charge in [0.15, 0.2) is 0 Å². The number of nitrogens with one attached hydrogen (secondary N) is 1. The number of rotatable bonds is 3. The molecule has 1 aliphatic rings. The lowest BCUT2D eigenvalue weighted by Crippen LogP contribution is -2.43. The van der Waals surface area contributed by atoms with Crippen molar-refractivity contribution in [3.05, 3.63) is 42.1 Å². The van der Waals surface area contributed by atoms with E-state index in [9.17, 15) is 4.39 Å². The monoisotopic (exact) mass is 289 g/mol. The van der Waals surface area contributed by atoms with E-state index < -0.39 is 0 Å². The Labute approximate surface area is 124 Å². The molecule has 2 heterocycles. The van der Waals surface area contributed by atoms with Crippen LogP contribution < -0.4 is 0 Å². The lowest BCUT2D eigenvalue weighted by atomic mass is 10.1. The van der Waals surface area contributed by atoms with Gasteiger partial charge in [-0.15, -0.1) is 0 Å². The Morgan fingerprint density at radius 1 is 1.43 bits per heavy atom. The van der Waals surface area contributed by atoms with Crippen molar-refractivity contribution in [3.8, 4) is 11.3 Å². The van der Waals surface area contributed by atoms with Crippen LogP contribution in [0.1, 0.15) is 25.7 Å². The van der Waals surface area contributed by atoms with Gasteiger partial charge in [0.1, 0.15) is 11.6 Å². The van der Waals surface area contributed by atoms with E-state index in [1.807, 2.05) is 6.07 Å². The summed E-state index contributed by atoms with van der Waals surface area (Å²) < 4.78 is 18.9. The number of hydrogen-bond donors (Lipinski definition) is 1. The van der Waals surface area contributed by atoms with Crippen LogP contribution >= 0.6 is 0 Å². The van der Waals surface area contributed by atoms with E-state index in [1.165, 1.54) is 12.1 Å². The smallest absolute Gasteiger partial charge is 0.126 e. The van der Waals surface area contributed by atoms with Gasteiger partial charge in [0.2, 0.25) is 0 Å². The summed E-state index contributed by atoms with van der Waals surface area (Å²) >= 11 is 0. The number of aromatic nitrogens is 2. The summed E-state index contributed by atoms with van der Waals surface area (Å²) in [4.78, 5) is 10.2. The summed E-state index contributed by atoms with van der Waals surface area (Å²) in [5, 5.41) is 0. The first-order valence-corrected chi connectivity index (χ1v) is 7.29.